The zero-order chi connectivity index (χ0) is 8.97. The average molecular weight is 171 g/mol. The Hall–Kier alpha value is -0.570. The molecular weight excluding hydrogens is 154 g/mol. The number of nitrogens with one attached hydrogen (secondary N) is 1. The summed E-state index contributed by atoms with van der Waals surface area (Å²) in [6.07, 6.45) is 4.02. The SMILES string of the molecule is CC[C@@H](CO)NC(=O)C1CCC1. The maximum atomic E-state index is 11.3. The van der Waals surface area contributed by atoms with Crippen LogP contribution in [0.25, 0.3) is 0 Å². The molecular formula is C9H17NO2. The van der Waals surface area contributed by atoms with E-state index in [1.54, 1.807) is 0 Å². The summed E-state index contributed by atoms with van der Waals surface area (Å²) >= 11 is 0. The molecule has 0 aromatic heterocycles. The summed E-state index contributed by atoms with van der Waals surface area (Å²) in [6, 6.07) is -0.0434. The molecule has 1 atom stereocenters. The van der Waals surface area contributed by atoms with Crippen LogP contribution in [0.4, 0.5) is 0 Å². The van der Waals surface area contributed by atoms with Gasteiger partial charge in [-0.25, -0.2) is 0 Å². The van der Waals surface area contributed by atoms with Crippen molar-refractivity contribution in [2.24, 2.45) is 5.92 Å². The molecule has 0 bridgehead atoms. The van der Waals surface area contributed by atoms with Gasteiger partial charge in [-0.1, -0.05) is 13.3 Å². The van der Waals surface area contributed by atoms with Gasteiger partial charge in [-0.15, -0.1) is 0 Å². The van der Waals surface area contributed by atoms with Gasteiger partial charge in [0.25, 0.3) is 0 Å². The fourth-order valence-electron chi connectivity index (χ4n) is 1.27. The number of aliphatic hydroxyl groups excluding tert-OH is 1. The van der Waals surface area contributed by atoms with E-state index < -0.39 is 0 Å². The second-order valence-electron chi connectivity index (χ2n) is 3.42. The lowest BCUT2D eigenvalue weighted by Crippen LogP contribution is -2.42. The maximum Gasteiger partial charge on any atom is 0.223 e. The largest absolute Gasteiger partial charge is 0.394 e. The minimum atomic E-state index is -0.0434. The molecule has 0 saturated heterocycles. The van der Waals surface area contributed by atoms with E-state index in [0.717, 1.165) is 19.3 Å². The Morgan fingerprint density at radius 1 is 1.67 bits per heavy atom. The van der Waals surface area contributed by atoms with Crippen molar-refractivity contribution >= 4 is 5.91 Å². The zero-order valence-corrected chi connectivity index (χ0v) is 7.55. The highest BCUT2D eigenvalue weighted by atomic mass is 16.3. The summed E-state index contributed by atoms with van der Waals surface area (Å²) in [5, 5.41) is 11.7. The molecule has 0 aliphatic heterocycles. The normalized spacial score (nSPS) is 19.8. The molecule has 1 rings (SSSR count). The number of amides is 1. The Morgan fingerprint density at radius 2 is 2.33 bits per heavy atom. The molecule has 2 N–H and O–H groups in total. The molecule has 0 heterocycles. The van der Waals surface area contributed by atoms with Crippen molar-refractivity contribution in [1.29, 1.82) is 0 Å². The zero-order valence-electron chi connectivity index (χ0n) is 7.55. The molecule has 12 heavy (non-hydrogen) atoms. The van der Waals surface area contributed by atoms with E-state index in [2.05, 4.69) is 5.32 Å². The van der Waals surface area contributed by atoms with Crippen LogP contribution < -0.4 is 5.32 Å². The first-order valence-corrected chi connectivity index (χ1v) is 4.69. The first kappa shape index (κ1) is 9.52. The van der Waals surface area contributed by atoms with E-state index in [4.69, 9.17) is 5.11 Å². The minimum absolute atomic E-state index is 0.0434. The molecule has 0 spiro atoms. The highest BCUT2D eigenvalue weighted by molar-refractivity contribution is 5.79. The highest BCUT2D eigenvalue weighted by Gasteiger charge is 2.26. The van der Waals surface area contributed by atoms with Crippen molar-refractivity contribution < 1.29 is 9.90 Å². The van der Waals surface area contributed by atoms with Gasteiger partial charge in [-0.05, 0) is 19.3 Å². The Morgan fingerprint density at radius 3 is 2.67 bits per heavy atom. The van der Waals surface area contributed by atoms with Crippen LogP contribution in [0.15, 0.2) is 0 Å². The molecule has 0 radical (unpaired) electrons. The first-order valence-electron chi connectivity index (χ1n) is 4.69. The number of carbonyl (C=O) groups excluding carboxylic acids is 1. The Balaban J connectivity index is 2.23. The third-order valence-corrected chi connectivity index (χ3v) is 2.54. The van der Waals surface area contributed by atoms with Crippen LogP contribution in [0.5, 0.6) is 0 Å². The van der Waals surface area contributed by atoms with Crippen molar-refractivity contribution in [1.82, 2.24) is 5.32 Å². The molecule has 70 valence electrons. The Bertz CT molecular complexity index is 151. The van der Waals surface area contributed by atoms with Crippen molar-refractivity contribution in [3.8, 4) is 0 Å². The molecule has 3 heteroatoms. The average Bonchev–Trinajstić information content (AvgIpc) is 1.96. The fraction of sp³-hybridized carbons (Fsp3) is 0.889. The van der Waals surface area contributed by atoms with Gasteiger partial charge in [0.2, 0.25) is 5.91 Å². The first-order chi connectivity index (χ1) is 5.77. The molecule has 1 fully saturated rings. The molecule has 1 aliphatic rings. The molecule has 0 aromatic rings. The number of rotatable bonds is 4. The van der Waals surface area contributed by atoms with Gasteiger partial charge in [-0.3, -0.25) is 4.79 Å². The van der Waals surface area contributed by atoms with Crippen molar-refractivity contribution in [2.45, 2.75) is 38.6 Å². The second-order valence-corrected chi connectivity index (χ2v) is 3.42. The van der Waals surface area contributed by atoms with E-state index >= 15 is 0 Å². The molecule has 3 nitrogen and oxygen atoms in total. The number of carbonyl (C=O) groups is 1. The van der Waals surface area contributed by atoms with Gasteiger partial charge < -0.3 is 10.4 Å². The third-order valence-electron chi connectivity index (χ3n) is 2.54. The predicted octanol–water partition coefficient (Wildman–Crippen LogP) is 0.674. The molecule has 1 aliphatic carbocycles. The summed E-state index contributed by atoms with van der Waals surface area (Å²) in [5.41, 5.74) is 0. The molecule has 0 unspecified atom stereocenters. The number of hydrogen-bond donors (Lipinski definition) is 2. The van der Waals surface area contributed by atoms with Crippen LogP contribution >= 0.6 is 0 Å². The van der Waals surface area contributed by atoms with Crippen molar-refractivity contribution in [3.63, 3.8) is 0 Å². The summed E-state index contributed by atoms with van der Waals surface area (Å²) in [5.74, 6) is 0.354. The van der Waals surface area contributed by atoms with Crippen LogP contribution in [0.1, 0.15) is 32.6 Å². The summed E-state index contributed by atoms with van der Waals surface area (Å²) in [6.45, 7) is 2.01. The minimum Gasteiger partial charge on any atom is -0.394 e. The molecule has 1 amide bonds. The van der Waals surface area contributed by atoms with Gasteiger partial charge >= 0.3 is 0 Å². The monoisotopic (exact) mass is 171 g/mol. The highest BCUT2D eigenvalue weighted by Crippen LogP contribution is 2.26. The Labute approximate surface area is 73.2 Å². The van der Waals surface area contributed by atoms with E-state index in [0.29, 0.717) is 0 Å². The summed E-state index contributed by atoms with van der Waals surface area (Å²) in [4.78, 5) is 11.3. The van der Waals surface area contributed by atoms with E-state index in [1.165, 1.54) is 6.42 Å². The van der Waals surface area contributed by atoms with Gasteiger partial charge in [0.1, 0.15) is 0 Å². The lowest BCUT2D eigenvalue weighted by molar-refractivity contribution is -0.128. The lowest BCUT2D eigenvalue weighted by atomic mass is 9.84. The molecule has 0 aromatic carbocycles. The van der Waals surface area contributed by atoms with Crippen LogP contribution in [-0.2, 0) is 4.79 Å². The van der Waals surface area contributed by atoms with Crippen LogP contribution in [-0.4, -0.2) is 23.7 Å². The van der Waals surface area contributed by atoms with Crippen LogP contribution in [0.3, 0.4) is 0 Å². The topological polar surface area (TPSA) is 49.3 Å². The summed E-state index contributed by atoms with van der Waals surface area (Å²) in [7, 11) is 0. The van der Waals surface area contributed by atoms with Gasteiger partial charge in [0.15, 0.2) is 0 Å². The van der Waals surface area contributed by atoms with Gasteiger partial charge in [0.05, 0.1) is 12.6 Å². The predicted molar refractivity (Wildman–Crippen MR) is 46.6 cm³/mol. The standard InChI is InChI=1S/C9H17NO2/c1-2-8(6-11)10-9(12)7-4-3-5-7/h7-8,11H,2-6H2,1H3,(H,10,12)/t8-/m0/s1. The van der Waals surface area contributed by atoms with Gasteiger partial charge in [0, 0.05) is 5.92 Å². The fourth-order valence-corrected chi connectivity index (χ4v) is 1.27. The molecule has 1 saturated carbocycles. The van der Waals surface area contributed by atoms with Crippen molar-refractivity contribution in [3.05, 3.63) is 0 Å². The lowest BCUT2D eigenvalue weighted by Gasteiger charge is -2.26. The maximum absolute atomic E-state index is 11.3. The number of aliphatic hydroxyl groups is 1. The number of hydrogen-bond acceptors (Lipinski definition) is 2. The Kier molecular flexibility index (Phi) is 3.53. The van der Waals surface area contributed by atoms with Crippen LogP contribution in [0.2, 0.25) is 0 Å². The second kappa shape index (κ2) is 4.45. The quantitative estimate of drug-likeness (QED) is 0.653. The third kappa shape index (κ3) is 2.21. The van der Waals surface area contributed by atoms with E-state index in [9.17, 15) is 4.79 Å². The van der Waals surface area contributed by atoms with E-state index in [-0.39, 0.29) is 24.5 Å². The van der Waals surface area contributed by atoms with E-state index in [1.807, 2.05) is 6.92 Å². The summed E-state index contributed by atoms with van der Waals surface area (Å²) < 4.78 is 0. The smallest absolute Gasteiger partial charge is 0.223 e. The van der Waals surface area contributed by atoms with Crippen molar-refractivity contribution in [2.75, 3.05) is 6.61 Å². The van der Waals surface area contributed by atoms with Crippen LogP contribution in [0, 0.1) is 5.92 Å². The van der Waals surface area contributed by atoms with Gasteiger partial charge in [-0.2, -0.15) is 0 Å².